The van der Waals surface area contributed by atoms with Crippen molar-refractivity contribution in [3.05, 3.63) is 0 Å². The molecule has 0 aliphatic carbocycles. The van der Waals surface area contributed by atoms with Gasteiger partial charge in [0.2, 0.25) is 0 Å². The van der Waals surface area contributed by atoms with Gasteiger partial charge < -0.3 is 4.43 Å². The van der Waals surface area contributed by atoms with Crippen molar-refractivity contribution >= 4 is 18.9 Å². The first-order valence-corrected chi connectivity index (χ1v) is 8.44. The van der Waals surface area contributed by atoms with E-state index in [1.807, 2.05) is 0 Å². The lowest BCUT2D eigenvalue weighted by atomic mass is 10.1. The summed E-state index contributed by atoms with van der Waals surface area (Å²) in [6.07, 6.45) is 0. The van der Waals surface area contributed by atoms with Crippen LogP contribution in [0.3, 0.4) is 0 Å². The average molecular weight is 236 g/mol. The molecule has 0 aromatic heterocycles. The molecule has 1 heterocycles. The molecule has 0 aromatic carbocycles. The topological polar surface area (TPSA) is 12.5 Å². The molecule has 0 spiro atoms. The smallest absolute Gasteiger partial charge is 0.374 e. The Balaban J connectivity index is 2.76. The van der Waals surface area contributed by atoms with Crippen molar-refractivity contribution in [1.82, 2.24) is 4.57 Å². The summed E-state index contributed by atoms with van der Waals surface area (Å²) < 4.78 is 8.21. The Hall–Kier alpha value is 0.427. The zero-order valence-electron chi connectivity index (χ0n) is 9.93. The molecule has 1 aliphatic heterocycles. The van der Waals surface area contributed by atoms with E-state index in [0.29, 0.717) is 5.92 Å². The lowest BCUT2D eigenvalue weighted by molar-refractivity contribution is 0.263. The summed E-state index contributed by atoms with van der Waals surface area (Å²) in [7, 11) is -2.11. The zero-order valence-corrected chi connectivity index (χ0v) is 11.7. The highest BCUT2D eigenvalue weighted by atomic mass is 35.6. The van der Waals surface area contributed by atoms with Crippen LogP contribution >= 0.6 is 11.1 Å². The van der Waals surface area contributed by atoms with E-state index in [9.17, 15) is 0 Å². The van der Waals surface area contributed by atoms with Crippen LogP contribution < -0.4 is 0 Å². The van der Waals surface area contributed by atoms with Gasteiger partial charge in [-0.25, -0.2) is 0 Å². The van der Waals surface area contributed by atoms with Crippen molar-refractivity contribution in [1.29, 1.82) is 0 Å². The first kappa shape index (κ1) is 12.5. The average Bonchev–Trinajstić information content (AvgIpc) is 2.27. The van der Waals surface area contributed by atoms with Crippen LogP contribution in [0.1, 0.15) is 34.6 Å². The Morgan fingerprint density at radius 1 is 1.43 bits per heavy atom. The summed E-state index contributed by atoms with van der Waals surface area (Å²) in [6, 6.07) is 1.02. The fourth-order valence-corrected chi connectivity index (χ4v) is 7.55. The highest BCUT2D eigenvalue weighted by Crippen LogP contribution is 2.35. The van der Waals surface area contributed by atoms with E-state index in [1.165, 1.54) is 0 Å². The maximum Gasteiger partial charge on any atom is 0.374 e. The van der Waals surface area contributed by atoms with E-state index >= 15 is 0 Å². The molecule has 0 amide bonds. The van der Waals surface area contributed by atoms with Gasteiger partial charge in [-0.2, -0.15) is 0 Å². The third kappa shape index (κ3) is 2.72. The molecule has 1 aliphatic rings. The monoisotopic (exact) mass is 235 g/mol. The molecule has 4 heteroatoms. The Morgan fingerprint density at radius 2 is 2.00 bits per heavy atom. The predicted octanol–water partition coefficient (Wildman–Crippen LogP) is 2.95. The first-order valence-electron chi connectivity index (χ1n) is 5.36. The van der Waals surface area contributed by atoms with Gasteiger partial charge in [0.1, 0.15) is 0 Å². The van der Waals surface area contributed by atoms with Crippen molar-refractivity contribution in [2.75, 3.05) is 13.2 Å². The second-order valence-electron chi connectivity index (χ2n) is 5.46. The summed E-state index contributed by atoms with van der Waals surface area (Å²) in [5, 5.41) is 0. The fraction of sp³-hybridized carbons (Fsp3) is 1.00. The van der Waals surface area contributed by atoms with E-state index in [-0.39, 0.29) is 5.54 Å². The van der Waals surface area contributed by atoms with Gasteiger partial charge >= 0.3 is 7.79 Å². The van der Waals surface area contributed by atoms with E-state index in [4.69, 9.17) is 15.5 Å². The molecule has 0 radical (unpaired) electrons. The first-order chi connectivity index (χ1) is 6.26. The van der Waals surface area contributed by atoms with Gasteiger partial charge in [-0.1, -0.05) is 13.8 Å². The van der Waals surface area contributed by atoms with Crippen molar-refractivity contribution in [3.8, 4) is 0 Å². The number of hydrogen-bond acceptors (Lipinski definition) is 2. The van der Waals surface area contributed by atoms with Crippen LogP contribution in [0.15, 0.2) is 0 Å². The molecule has 1 unspecified atom stereocenters. The second kappa shape index (κ2) is 4.12. The Labute approximate surface area is 93.5 Å². The molecule has 0 N–H and O–H groups in total. The minimum Gasteiger partial charge on any atom is -0.391 e. The molecular formula is C10H22ClNOSi. The van der Waals surface area contributed by atoms with Crippen LogP contribution in [0.4, 0.5) is 0 Å². The van der Waals surface area contributed by atoms with Crippen molar-refractivity contribution in [2.45, 2.75) is 46.2 Å². The standard InChI is InChI=1S/C10H22ClNOSi/c1-9(2)8-14(11)12(6-7-13-14)10(3,4)5/h9H,6-8H2,1-5H3. The number of nitrogens with zero attached hydrogens (tertiary/aromatic N) is 1. The van der Waals surface area contributed by atoms with E-state index in [2.05, 4.69) is 39.2 Å². The van der Waals surface area contributed by atoms with Gasteiger partial charge in [0.25, 0.3) is 0 Å². The summed E-state index contributed by atoms with van der Waals surface area (Å²) in [5.41, 5.74) is 0.138. The Morgan fingerprint density at radius 3 is 2.43 bits per heavy atom. The third-order valence-corrected chi connectivity index (χ3v) is 7.58. The van der Waals surface area contributed by atoms with Gasteiger partial charge in [-0.15, -0.1) is 11.1 Å². The molecule has 84 valence electrons. The molecule has 2 nitrogen and oxygen atoms in total. The van der Waals surface area contributed by atoms with Crippen molar-refractivity contribution in [2.24, 2.45) is 5.92 Å². The predicted molar refractivity (Wildman–Crippen MR) is 63.7 cm³/mol. The molecule has 1 fully saturated rings. The highest BCUT2D eigenvalue weighted by Gasteiger charge is 2.49. The third-order valence-electron chi connectivity index (χ3n) is 2.51. The van der Waals surface area contributed by atoms with Crippen LogP contribution in [0.5, 0.6) is 0 Å². The summed E-state index contributed by atoms with van der Waals surface area (Å²) in [6.45, 7) is 12.9. The van der Waals surface area contributed by atoms with Gasteiger partial charge in [0, 0.05) is 18.7 Å². The lowest BCUT2D eigenvalue weighted by Crippen LogP contribution is -2.55. The number of halogens is 1. The molecule has 1 saturated heterocycles. The van der Waals surface area contributed by atoms with Crippen LogP contribution in [-0.2, 0) is 4.43 Å². The maximum atomic E-state index is 6.66. The van der Waals surface area contributed by atoms with Gasteiger partial charge in [-0.3, -0.25) is 4.57 Å². The van der Waals surface area contributed by atoms with Crippen LogP contribution in [0.2, 0.25) is 6.04 Å². The minimum absolute atomic E-state index is 0.138. The van der Waals surface area contributed by atoms with Crippen molar-refractivity contribution < 1.29 is 4.43 Å². The zero-order chi connectivity index (χ0) is 11.0. The van der Waals surface area contributed by atoms with Crippen molar-refractivity contribution in [3.63, 3.8) is 0 Å². The SMILES string of the molecule is CC(C)C[Si]1(Cl)OCCN1C(C)(C)C. The number of hydrogen-bond donors (Lipinski definition) is 0. The Kier molecular flexibility index (Phi) is 3.68. The Bertz CT molecular complexity index is 205. The molecule has 0 aromatic rings. The molecule has 14 heavy (non-hydrogen) atoms. The molecule has 0 saturated carbocycles. The van der Waals surface area contributed by atoms with E-state index in [1.54, 1.807) is 0 Å². The van der Waals surface area contributed by atoms with Gasteiger partial charge in [-0.05, 0) is 32.7 Å². The van der Waals surface area contributed by atoms with E-state index < -0.39 is 7.79 Å². The quantitative estimate of drug-likeness (QED) is 0.539. The molecule has 0 bridgehead atoms. The molecular weight excluding hydrogens is 214 g/mol. The normalized spacial score (nSPS) is 30.2. The maximum absolute atomic E-state index is 6.66. The number of rotatable bonds is 2. The largest absolute Gasteiger partial charge is 0.391 e. The van der Waals surface area contributed by atoms with Crippen LogP contribution in [0.25, 0.3) is 0 Å². The summed E-state index contributed by atoms with van der Waals surface area (Å²) in [4.78, 5) is 0. The van der Waals surface area contributed by atoms with Gasteiger partial charge in [0.05, 0.1) is 0 Å². The lowest BCUT2D eigenvalue weighted by Gasteiger charge is -2.39. The molecule has 1 atom stereocenters. The van der Waals surface area contributed by atoms with E-state index in [0.717, 1.165) is 19.2 Å². The van der Waals surface area contributed by atoms with Crippen LogP contribution in [0, 0.1) is 5.92 Å². The minimum atomic E-state index is -2.11. The fourth-order valence-electron chi connectivity index (χ4n) is 2.05. The summed E-state index contributed by atoms with van der Waals surface area (Å²) >= 11 is 6.66. The highest BCUT2D eigenvalue weighted by molar-refractivity contribution is 7.15. The summed E-state index contributed by atoms with van der Waals surface area (Å²) in [5.74, 6) is 0.613. The van der Waals surface area contributed by atoms with Crippen LogP contribution in [-0.4, -0.2) is 31.0 Å². The second-order valence-corrected chi connectivity index (χ2v) is 9.84. The molecule has 1 rings (SSSR count). The van der Waals surface area contributed by atoms with Gasteiger partial charge in [0.15, 0.2) is 0 Å².